The maximum atomic E-state index is 11.9. The van der Waals surface area contributed by atoms with Gasteiger partial charge < -0.3 is 19.7 Å². The zero-order valence-electron chi connectivity index (χ0n) is 13.1. The third-order valence-electron chi connectivity index (χ3n) is 4.71. The average molecular weight is 329 g/mol. The molecule has 2 N–H and O–H groups in total. The lowest BCUT2D eigenvalue weighted by Crippen LogP contribution is -2.43. The van der Waals surface area contributed by atoms with E-state index in [1.54, 1.807) is 6.33 Å². The van der Waals surface area contributed by atoms with E-state index < -0.39 is 0 Å². The van der Waals surface area contributed by atoms with Gasteiger partial charge in [-0.05, 0) is 19.3 Å². The van der Waals surface area contributed by atoms with Crippen molar-refractivity contribution in [1.82, 2.24) is 20.3 Å². The van der Waals surface area contributed by atoms with Gasteiger partial charge in [0.2, 0.25) is 5.76 Å². The minimum atomic E-state index is -0.275. The van der Waals surface area contributed by atoms with Crippen LogP contribution in [-0.2, 0) is 0 Å². The number of aromatic nitrogens is 3. The molecule has 126 valence electrons. The van der Waals surface area contributed by atoms with Crippen LogP contribution in [0.3, 0.4) is 0 Å². The van der Waals surface area contributed by atoms with Gasteiger partial charge in [-0.1, -0.05) is 0 Å². The van der Waals surface area contributed by atoms with Gasteiger partial charge in [0.05, 0.1) is 12.3 Å². The number of hydrogen-bond acceptors (Lipinski definition) is 7. The fraction of sp³-hybridized carbons (Fsp3) is 0.500. The summed E-state index contributed by atoms with van der Waals surface area (Å²) in [5.74, 6) is 1.19. The average Bonchev–Trinajstić information content (AvgIpc) is 3.22. The van der Waals surface area contributed by atoms with E-state index in [-0.39, 0.29) is 23.8 Å². The third-order valence-corrected chi connectivity index (χ3v) is 4.71. The highest BCUT2D eigenvalue weighted by atomic mass is 16.3. The van der Waals surface area contributed by atoms with Crippen LogP contribution in [0.2, 0.25) is 0 Å². The first-order chi connectivity index (χ1) is 11.7. The molecule has 0 aromatic carbocycles. The van der Waals surface area contributed by atoms with Gasteiger partial charge in [-0.25, -0.2) is 15.0 Å². The fourth-order valence-corrected chi connectivity index (χ4v) is 3.27. The molecule has 2 fully saturated rings. The first kappa shape index (κ1) is 15.1. The van der Waals surface area contributed by atoms with Crippen LogP contribution in [0.25, 0.3) is 0 Å². The number of anilines is 1. The number of aliphatic hydroxyl groups is 1. The van der Waals surface area contributed by atoms with Gasteiger partial charge in [0.25, 0.3) is 5.91 Å². The number of nitrogens with zero attached hydrogens (tertiary/aromatic N) is 4. The van der Waals surface area contributed by atoms with Crippen molar-refractivity contribution in [3.63, 3.8) is 0 Å². The summed E-state index contributed by atoms with van der Waals surface area (Å²) in [7, 11) is 0. The number of aliphatic hydroxyl groups excluding tert-OH is 1. The Hall–Kier alpha value is -2.48. The molecule has 1 amide bonds. The van der Waals surface area contributed by atoms with Crippen molar-refractivity contribution in [2.75, 3.05) is 18.0 Å². The lowest BCUT2D eigenvalue weighted by atomic mass is 9.78. The normalized spacial score (nSPS) is 26.2. The Kier molecular flexibility index (Phi) is 3.89. The van der Waals surface area contributed by atoms with Gasteiger partial charge >= 0.3 is 0 Å². The molecule has 24 heavy (non-hydrogen) atoms. The molecule has 1 saturated carbocycles. The molecule has 2 aromatic heterocycles. The largest absolute Gasteiger partial charge is 0.438 e. The number of hydrogen-bond donors (Lipinski definition) is 2. The van der Waals surface area contributed by atoms with Crippen LogP contribution in [0.15, 0.2) is 29.4 Å². The van der Waals surface area contributed by atoms with Gasteiger partial charge in [-0.3, -0.25) is 4.79 Å². The van der Waals surface area contributed by atoms with Crippen molar-refractivity contribution in [1.29, 1.82) is 0 Å². The van der Waals surface area contributed by atoms with Crippen LogP contribution in [-0.4, -0.2) is 51.2 Å². The van der Waals surface area contributed by atoms with E-state index in [1.165, 1.54) is 12.6 Å². The number of carbonyl (C=O) groups excluding carboxylic acids is 1. The van der Waals surface area contributed by atoms with Crippen molar-refractivity contribution < 1.29 is 14.3 Å². The smallest absolute Gasteiger partial charge is 0.288 e. The van der Waals surface area contributed by atoms with Gasteiger partial charge in [0.15, 0.2) is 6.39 Å². The van der Waals surface area contributed by atoms with Gasteiger partial charge in [-0.15, -0.1) is 0 Å². The Balaban J connectivity index is 1.34. The lowest BCUT2D eigenvalue weighted by Gasteiger charge is -2.35. The van der Waals surface area contributed by atoms with Crippen molar-refractivity contribution in [2.24, 2.45) is 0 Å². The summed E-state index contributed by atoms with van der Waals surface area (Å²) in [6.45, 7) is 1.44. The Labute approximate surface area is 138 Å². The van der Waals surface area contributed by atoms with E-state index in [9.17, 15) is 9.90 Å². The summed E-state index contributed by atoms with van der Waals surface area (Å²) >= 11 is 0. The highest BCUT2D eigenvalue weighted by molar-refractivity contribution is 5.91. The summed E-state index contributed by atoms with van der Waals surface area (Å²) in [5, 5.41) is 12.6. The van der Waals surface area contributed by atoms with Crippen molar-refractivity contribution in [3.05, 3.63) is 36.4 Å². The minimum Gasteiger partial charge on any atom is -0.438 e. The van der Waals surface area contributed by atoms with E-state index >= 15 is 0 Å². The number of oxazole rings is 1. The maximum absolute atomic E-state index is 11.9. The molecule has 4 rings (SSSR count). The molecule has 1 saturated heterocycles. The van der Waals surface area contributed by atoms with E-state index in [4.69, 9.17) is 4.42 Å². The second-order valence-corrected chi connectivity index (χ2v) is 6.39. The van der Waals surface area contributed by atoms with Crippen LogP contribution in [0.5, 0.6) is 0 Å². The Morgan fingerprint density at radius 2 is 2.25 bits per heavy atom. The molecule has 2 aromatic rings. The highest BCUT2D eigenvalue weighted by Crippen LogP contribution is 2.37. The summed E-state index contributed by atoms with van der Waals surface area (Å²) in [5.41, 5.74) is 0.992. The summed E-state index contributed by atoms with van der Waals surface area (Å²) in [6, 6.07) is 2.12. The first-order valence-electron chi connectivity index (χ1n) is 8.13. The Bertz CT molecular complexity index is 714. The first-order valence-corrected chi connectivity index (χ1v) is 8.13. The van der Waals surface area contributed by atoms with Crippen LogP contribution in [0.4, 0.5) is 5.82 Å². The van der Waals surface area contributed by atoms with Crippen LogP contribution < -0.4 is 10.2 Å². The summed E-state index contributed by atoms with van der Waals surface area (Å²) in [4.78, 5) is 26.4. The van der Waals surface area contributed by atoms with Crippen molar-refractivity contribution in [3.8, 4) is 0 Å². The Morgan fingerprint density at radius 1 is 1.38 bits per heavy atom. The zero-order valence-corrected chi connectivity index (χ0v) is 13.1. The number of amides is 1. The molecule has 8 nitrogen and oxygen atoms in total. The molecular formula is C16H19N5O3. The zero-order chi connectivity index (χ0) is 16.5. The number of β-amino-alcohol motifs (C(OH)–C–C–N with tert-alkyl or cyclic N) is 1. The third kappa shape index (κ3) is 2.96. The number of rotatable bonds is 4. The molecule has 1 aliphatic carbocycles. The van der Waals surface area contributed by atoms with Gasteiger partial charge in [0, 0.05) is 36.8 Å². The molecule has 8 heteroatoms. The molecule has 0 unspecified atom stereocenters. The highest BCUT2D eigenvalue weighted by Gasteiger charge is 2.33. The maximum Gasteiger partial charge on any atom is 0.288 e. The second kappa shape index (κ2) is 6.20. The van der Waals surface area contributed by atoms with Crippen LogP contribution in [0, 0.1) is 0 Å². The van der Waals surface area contributed by atoms with E-state index in [1.807, 2.05) is 6.07 Å². The van der Waals surface area contributed by atoms with E-state index in [0.717, 1.165) is 37.3 Å². The standard InChI is InChI=1S/C16H19N5O3/c22-12-1-2-21(7-12)15-5-13(18-8-19-15)10-3-11(4-10)20-16(23)14-6-17-9-24-14/h5-6,8-12,22H,1-4,7H2,(H,20,23)/t10?,11?,12-/m1/s1. The predicted molar refractivity (Wildman–Crippen MR) is 84.6 cm³/mol. The molecule has 2 aliphatic rings. The van der Waals surface area contributed by atoms with Crippen LogP contribution in [0.1, 0.15) is 41.4 Å². The fourth-order valence-electron chi connectivity index (χ4n) is 3.27. The van der Waals surface area contributed by atoms with Crippen molar-refractivity contribution in [2.45, 2.75) is 37.3 Å². The molecule has 1 aliphatic heterocycles. The quantitative estimate of drug-likeness (QED) is 0.851. The van der Waals surface area contributed by atoms with Crippen LogP contribution >= 0.6 is 0 Å². The minimum absolute atomic E-state index is 0.125. The second-order valence-electron chi connectivity index (χ2n) is 6.39. The number of nitrogens with one attached hydrogen (secondary N) is 1. The predicted octanol–water partition coefficient (Wildman–Crippen LogP) is 0.712. The summed E-state index contributed by atoms with van der Waals surface area (Å²) in [6.07, 6.45) is 6.43. The molecule has 0 radical (unpaired) electrons. The lowest BCUT2D eigenvalue weighted by molar-refractivity contribution is 0.0880. The Morgan fingerprint density at radius 3 is 2.96 bits per heavy atom. The van der Waals surface area contributed by atoms with E-state index in [0.29, 0.717) is 12.5 Å². The molecule has 1 atom stereocenters. The van der Waals surface area contributed by atoms with Gasteiger partial charge in [0.1, 0.15) is 12.1 Å². The molecule has 3 heterocycles. The van der Waals surface area contributed by atoms with E-state index in [2.05, 4.69) is 25.2 Å². The topological polar surface area (TPSA) is 104 Å². The van der Waals surface area contributed by atoms with Crippen molar-refractivity contribution >= 4 is 11.7 Å². The molecule has 0 bridgehead atoms. The number of carbonyl (C=O) groups is 1. The molecular weight excluding hydrogens is 310 g/mol. The van der Waals surface area contributed by atoms with Gasteiger partial charge in [-0.2, -0.15) is 0 Å². The SMILES string of the molecule is O=C(NC1CC(c2cc(N3CC[C@@H](O)C3)ncn2)C1)c1cnco1. The summed E-state index contributed by atoms with van der Waals surface area (Å²) < 4.78 is 4.99. The molecule has 0 spiro atoms. The monoisotopic (exact) mass is 329 g/mol.